The molecule has 0 aliphatic rings. The van der Waals surface area contributed by atoms with E-state index in [1.54, 1.807) is 0 Å². The van der Waals surface area contributed by atoms with Crippen molar-refractivity contribution in [2.24, 2.45) is 0 Å². The number of hydrogen-bond donors (Lipinski definition) is 0. The van der Waals surface area contributed by atoms with Crippen molar-refractivity contribution in [3.8, 4) is 0 Å². The first-order valence-electron chi connectivity index (χ1n) is 3.48. The van der Waals surface area contributed by atoms with Crippen molar-refractivity contribution >= 4 is 54.8 Å². The van der Waals surface area contributed by atoms with Gasteiger partial charge in [-0.1, -0.05) is 11.6 Å². The van der Waals surface area contributed by atoms with Crippen LogP contribution in [0.5, 0.6) is 0 Å². The van der Waals surface area contributed by atoms with Crippen LogP contribution < -0.4 is 0 Å². The molecule has 0 unspecified atom stereocenters. The van der Waals surface area contributed by atoms with Gasteiger partial charge >= 0.3 is 0 Å². The second-order valence-corrected chi connectivity index (χ2v) is 5.15. The summed E-state index contributed by atoms with van der Waals surface area (Å²) in [5.74, 6) is 0. The van der Waals surface area contributed by atoms with E-state index in [1.807, 2.05) is 0 Å². The minimum Gasteiger partial charge on any atom is -0.258 e. The largest absolute Gasteiger partial charge is 0.296 e. The molecule has 0 N–H and O–H groups in total. The van der Waals surface area contributed by atoms with Gasteiger partial charge in [0.15, 0.2) is 9.43 Å². The smallest absolute Gasteiger partial charge is 0.258 e. The highest BCUT2D eigenvalue weighted by molar-refractivity contribution is 9.11. The van der Waals surface area contributed by atoms with Crippen LogP contribution in [0, 0.1) is 10.1 Å². The van der Waals surface area contributed by atoms with Crippen LogP contribution in [-0.4, -0.2) is 9.91 Å². The maximum absolute atomic E-state index is 10.6. The Morgan fingerprint density at radius 3 is 2.93 bits per heavy atom. The van der Waals surface area contributed by atoms with E-state index in [0.29, 0.717) is 19.2 Å². The Kier molecular flexibility index (Phi) is 2.42. The lowest BCUT2D eigenvalue weighted by atomic mass is 10.3. The lowest BCUT2D eigenvalue weighted by Crippen LogP contribution is -1.88. The molecule has 0 aliphatic heterocycles. The van der Waals surface area contributed by atoms with Crippen molar-refractivity contribution in [1.82, 2.24) is 4.98 Å². The zero-order valence-electron chi connectivity index (χ0n) is 6.53. The van der Waals surface area contributed by atoms with Gasteiger partial charge in [0.2, 0.25) is 0 Å². The number of nitro benzene ring substituents is 1. The van der Waals surface area contributed by atoms with Crippen molar-refractivity contribution in [2.45, 2.75) is 0 Å². The molecule has 0 saturated carbocycles. The number of nitro groups is 1. The van der Waals surface area contributed by atoms with Gasteiger partial charge in [0.05, 0.1) is 14.6 Å². The van der Waals surface area contributed by atoms with Gasteiger partial charge in [0.25, 0.3) is 5.69 Å². The molecule has 0 bridgehead atoms. The molecule has 14 heavy (non-hydrogen) atoms. The van der Waals surface area contributed by atoms with E-state index in [0.717, 1.165) is 0 Å². The molecule has 0 amide bonds. The van der Waals surface area contributed by atoms with E-state index in [4.69, 9.17) is 11.6 Å². The number of hydrogen-bond acceptors (Lipinski definition) is 4. The van der Waals surface area contributed by atoms with Crippen molar-refractivity contribution in [2.75, 3.05) is 0 Å². The monoisotopic (exact) mass is 292 g/mol. The number of rotatable bonds is 1. The molecule has 1 heterocycles. The van der Waals surface area contributed by atoms with Gasteiger partial charge in [-0.15, -0.1) is 11.3 Å². The average molecular weight is 294 g/mol. The molecule has 0 saturated heterocycles. The standard InChI is InChI=1S/C7H2BrClN2O2S/c8-7-10-5-4(11(12)13)2-1-3(9)6(5)14-7/h1-2H. The summed E-state index contributed by atoms with van der Waals surface area (Å²) in [6, 6.07) is 2.86. The third-order valence-electron chi connectivity index (χ3n) is 1.64. The molecule has 2 rings (SSSR count). The third kappa shape index (κ3) is 1.49. The van der Waals surface area contributed by atoms with Gasteiger partial charge in [-0.2, -0.15) is 0 Å². The summed E-state index contributed by atoms with van der Waals surface area (Å²) in [5.41, 5.74) is 0.311. The number of nitrogens with zero attached hydrogens (tertiary/aromatic N) is 2. The normalized spacial score (nSPS) is 10.7. The average Bonchev–Trinajstić information content (AvgIpc) is 2.47. The van der Waals surface area contributed by atoms with Gasteiger partial charge in [-0.3, -0.25) is 10.1 Å². The Morgan fingerprint density at radius 2 is 2.29 bits per heavy atom. The fraction of sp³-hybridized carbons (Fsp3) is 0. The molecule has 0 radical (unpaired) electrons. The number of non-ortho nitro benzene ring substituents is 1. The molecule has 0 spiro atoms. The Bertz CT molecular complexity index is 528. The molecule has 1 aromatic heterocycles. The highest BCUT2D eigenvalue weighted by Gasteiger charge is 2.17. The summed E-state index contributed by atoms with van der Waals surface area (Å²) in [5, 5.41) is 11.1. The first kappa shape index (κ1) is 9.82. The van der Waals surface area contributed by atoms with Gasteiger partial charge < -0.3 is 0 Å². The summed E-state index contributed by atoms with van der Waals surface area (Å²) < 4.78 is 1.22. The highest BCUT2D eigenvalue weighted by atomic mass is 79.9. The minimum absolute atomic E-state index is 0.0219. The van der Waals surface area contributed by atoms with Crippen LogP contribution in [0.25, 0.3) is 10.2 Å². The predicted molar refractivity (Wildman–Crippen MR) is 59.0 cm³/mol. The Morgan fingerprint density at radius 1 is 1.57 bits per heavy atom. The van der Waals surface area contributed by atoms with Gasteiger partial charge in [0, 0.05) is 6.07 Å². The molecule has 7 heteroatoms. The SMILES string of the molecule is O=[N+]([O-])c1ccc(Cl)c2sc(Br)nc12. The number of benzene rings is 1. The number of halogens is 2. The maximum Gasteiger partial charge on any atom is 0.296 e. The molecule has 72 valence electrons. The van der Waals surface area contributed by atoms with Crippen LogP contribution >= 0.6 is 38.9 Å². The Balaban J connectivity index is 2.87. The molecular weight excluding hydrogens is 292 g/mol. The van der Waals surface area contributed by atoms with Crippen LogP contribution in [0.4, 0.5) is 5.69 Å². The van der Waals surface area contributed by atoms with Gasteiger partial charge in [-0.25, -0.2) is 4.98 Å². The van der Waals surface area contributed by atoms with E-state index in [-0.39, 0.29) is 5.69 Å². The summed E-state index contributed by atoms with van der Waals surface area (Å²) in [4.78, 5) is 14.2. The van der Waals surface area contributed by atoms with E-state index in [2.05, 4.69) is 20.9 Å². The lowest BCUT2D eigenvalue weighted by molar-refractivity contribution is -0.383. The zero-order chi connectivity index (χ0) is 10.3. The first-order valence-corrected chi connectivity index (χ1v) is 5.47. The fourth-order valence-corrected chi connectivity index (χ4v) is 2.73. The maximum atomic E-state index is 10.6. The van der Waals surface area contributed by atoms with E-state index >= 15 is 0 Å². The van der Waals surface area contributed by atoms with Crippen LogP contribution in [-0.2, 0) is 0 Å². The van der Waals surface area contributed by atoms with Crippen molar-refractivity contribution in [3.63, 3.8) is 0 Å². The molecule has 4 nitrogen and oxygen atoms in total. The lowest BCUT2D eigenvalue weighted by Gasteiger charge is -1.93. The molecule has 0 fully saturated rings. The minimum atomic E-state index is -0.467. The van der Waals surface area contributed by atoms with Crippen molar-refractivity contribution in [3.05, 3.63) is 31.2 Å². The summed E-state index contributed by atoms with van der Waals surface area (Å²) in [7, 11) is 0. The topological polar surface area (TPSA) is 56.0 Å². The van der Waals surface area contributed by atoms with Crippen LogP contribution in [0.3, 0.4) is 0 Å². The third-order valence-corrected chi connectivity index (χ3v) is 3.61. The summed E-state index contributed by atoms with van der Waals surface area (Å²) in [6.07, 6.45) is 0. The van der Waals surface area contributed by atoms with Crippen LogP contribution in [0.2, 0.25) is 5.02 Å². The van der Waals surface area contributed by atoms with E-state index in [1.165, 1.54) is 23.5 Å². The summed E-state index contributed by atoms with van der Waals surface area (Å²) >= 11 is 10.3. The Hall–Kier alpha value is -0.720. The number of aromatic nitrogens is 1. The van der Waals surface area contributed by atoms with E-state index in [9.17, 15) is 10.1 Å². The quantitative estimate of drug-likeness (QED) is 0.596. The first-order chi connectivity index (χ1) is 6.59. The van der Waals surface area contributed by atoms with Gasteiger partial charge in [-0.05, 0) is 22.0 Å². The number of thiazole rings is 1. The van der Waals surface area contributed by atoms with E-state index < -0.39 is 4.92 Å². The molecule has 2 aromatic rings. The second kappa shape index (κ2) is 3.45. The zero-order valence-corrected chi connectivity index (χ0v) is 9.69. The van der Waals surface area contributed by atoms with Gasteiger partial charge in [0.1, 0.15) is 0 Å². The highest BCUT2D eigenvalue weighted by Crippen LogP contribution is 2.36. The molecule has 1 aromatic carbocycles. The fourth-order valence-electron chi connectivity index (χ4n) is 1.08. The van der Waals surface area contributed by atoms with Crippen molar-refractivity contribution < 1.29 is 4.92 Å². The Labute approximate surface area is 95.8 Å². The summed E-state index contributed by atoms with van der Waals surface area (Å²) in [6.45, 7) is 0. The van der Waals surface area contributed by atoms with Crippen LogP contribution in [0.1, 0.15) is 0 Å². The molecular formula is C7H2BrClN2O2S. The molecule has 0 atom stereocenters. The number of fused-ring (bicyclic) bond motifs is 1. The predicted octanol–water partition coefficient (Wildman–Crippen LogP) is 3.62. The second-order valence-electron chi connectivity index (χ2n) is 2.47. The van der Waals surface area contributed by atoms with Crippen molar-refractivity contribution in [1.29, 1.82) is 0 Å². The van der Waals surface area contributed by atoms with Crippen LogP contribution in [0.15, 0.2) is 16.0 Å². The molecule has 0 aliphatic carbocycles.